The van der Waals surface area contributed by atoms with Crippen molar-refractivity contribution >= 4 is 23.5 Å². The van der Waals surface area contributed by atoms with Crippen LogP contribution < -0.4 is 4.90 Å². The number of amides is 1. The predicted octanol–water partition coefficient (Wildman–Crippen LogP) is 3.20. The molecule has 2 aromatic rings. The molecular formula is C23H26F3N3O5. The molecule has 184 valence electrons. The van der Waals surface area contributed by atoms with Gasteiger partial charge in [0.25, 0.3) is 5.91 Å². The van der Waals surface area contributed by atoms with Crippen molar-refractivity contribution in [3.63, 3.8) is 0 Å². The van der Waals surface area contributed by atoms with Gasteiger partial charge in [-0.05, 0) is 37.1 Å². The molecule has 0 aliphatic carbocycles. The van der Waals surface area contributed by atoms with E-state index >= 15 is 0 Å². The number of ether oxygens (including phenoxy) is 2. The Hall–Kier alpha value is -3.50. The first-order chi connectivity index (χ1) is 16.1. The standard InChI is InChI=1S/C23H26F3N3O5/c1-4-17-19(21(31)33-3)14(2)20(27-17)22(32)34-13-18(30)29-10-8-28(9-11-29)16-7-5-6-15(12-16)23(24,25)26/h5-7,12,27H,4,8-11,13H2,1-3H3. The number of alkyl halides is 3. The van der Waals surface area contributed by atoms with E-state index in [2.05, 4.69) is 4.98 Å². The van der Waals surface area contributed by atoms with Crippen molar-refractivity contribution in [1.82, 2.24) is 9.88 Å². The number of benzene rings is 1. The maximum Gasteiger partial charge on any atom is 0.416 e. The van der Waals surface area contributed by atoms with Crippen molar-refractivity contribution in [3.05, 3.63) is 52.3 Å². The molecule has 1 aliphatic rings. The summed E-state index contributed by atoms with van der Waals surface area (Å²) in [6, 6.07) is 5.06. The van der Waals surface area contributed by atoms with Gasteiger partial charge in [-0.1, -0.05) is 13.0 Å². The van der Waals surface area contributed by atoms with Crippen LogP contribution in [0.1, 0.15) is 44.6 Å². The molecule has 0 saturated carbocycles. The third kappa shape index (κ3) is 5.35. The largest absolute Gasteiger partial charge is 0.465 e. The van der Waals surface area contributed by atoms with Gasteiger partial charge in [-0.25, -0.2) is 9.59 Å². The average molecular weight is 481 g/mol. The van der Waals surface area contributed by atoms with E-state index < -0.39 is 36.2 Å². The van der Waals surface area contributed by atoms with Gasteiger partial charge in [0.1, 0.15) is 5.69 Å². The lowest BCUT2D eigenvalue weighted by atomic mass is 10.1. The number of halogens is 3. The number of hydrogen-bond acceptors (Lipinski definition) is 6. The molecule has 0 radical (unpaired) electrons. The third-order valence-corrected chi connectivity index (χ3v) is 5.77. The second kappa shape index (κ2) is 10.2. The van der Waals surface area contributed by atoms with Crippen LogP contribution in [0.3, 0.4) is 0 Å². The first kappa shape index (κ1) is 25.1. The quantitative estimate of drug-likeness (QED) is 0.638. The zero-order valence-electron chi connectivity index (χ0n) is 19.1. The minimum absolute atomic E-state index is 0.0828. The van der Waals surface area contributed by atoms with E-state index in [0.29, 0.717) is 36.5 Å². The monoisotopic (exact) mass is 481 g/mol. The fourth-order valence-electron chi connectivity index (χ4n) is 3.89. The van der Waals surface area contributed by atoms with E-state index in [0.717, 1.165) is 12.1 Å². The summed E-state index contributed by atoms with van der Waals surface area (Å²) in [5, 5.41) is 0. The molecule has 2 heterocycles. The van der Waals surface area contributed by atoms with Crippen LogP contribution in [0.5, 0.6) is 0 Å². The second-order valence-corrected chi connectivity index (χ2v) is 7.82. The van der Waals surface area contributed by atoms with Gasteiger partial charge in [0.2, 0.25) is 0 Å². The number of rotatable bonds is 6. The molecule has 1 aliphatic heterocycles. The average Bonchev–Trinajstić information content (AvgIpc) is 3.17. The first-order valence-electron chi connectivity index (χ1n) is 10.7. The topological polar surface area (TPSA) is 91.9 Å². The van der Waals surface area contributed by atoms with Crippen molar-refractivity contribution in [2.75, 3.05) is 44.8 Å². The van der Waals surface area contributed by atoms with Gasteiger partial charge in [-0.2, -0.15) is 13.2 Å². The summed E-state index contributed by atoms with van der Waals surface area (Å²) in [6.45, 7) is 4.16. The Morgan fingerprint density at radius 1 is 1.09 bits per heavy atom. The Morgan fingerprint density at radius 2 is 1.76 bits per heavy atom. The van der Waals surface area contributed by atoms with E-state index in [1.165, 1.54) is 18.1 Å². The summed E-state index contributed by atoms with van der Waals surface area (Å²) in [4.78, 5) is 43.2. The molecule has 0 unspecified atom stereocenters. The number of aromatic amines is 1. The number of piperazine rings is 1. The number of anilines is 1. The summed E-state index contributed by atoms with van der Waals surface area (Å²) in [5.41, 5.74) is 0.984. The van der Waals surface area contributed by atoms with Crippen molar-refractivity contribution in [1.29, 1.82) is 0 Å². The third-order valence-electron chi connectivity index (χ3n) is 5.77. The lowest BCUT2D eigenvalue weighted by Gasteiger charge is -2.36. The summed E-state index contributed by atoms with van der Waals surface area (Å²) >= 11 is 0. The van der Waals surface area contributed by atoms with Gasteiger partial charge < -0.3 is 24.3 Å². The van der Waals surface area contributed by atoms with E-state index in [4.69, 9.17) is 9.47 Å². The van der Waals surface area contributed by atoms with Gasteiger partial charge in [0.05, 0.1) is 18.2 Å². The highest BCUT2D eigenvalue weighted by molar-refractivity contribution is 5.99. The lowest BCUT2D eigenvalue weighted by molar-refractivity contribution is -0.137. The Kier molecular flexibility index (Phi) is 7.53. The minimum Gasteiger partial charge on any atom is -0.465 e. The second-order valence-electron chi connectivity index (χ2n) is 7.82. The van der Waals surface area contributed by atoms with Crippen LogP contribution in [0.4, 0.5) is 18.9 Å². The molecule has 8 nitrogen and oxygen atoms in total. The van der Waals surface area contributed by atoms with Gasteiger partial charge in [0.15, 0.2) is 6.61 Å². The van der Waals surface area contributed by atoms with E-state index in [9.17, 15) is 27.6 Å². The molecule has 1 aromatic heterocycles. The number of aryl methyl sites for hydroxylation is 1. The van der Waals surface area contributed by atoms with Crippen molar-refractivity contribution in [3.8, 4) is 0 Å². The molecule has 1 aromatic carbocycles. The van der Waals surface area contributed by atoms with E-state index in [-0.39, 0.29) is 24.3 Å². The Labute approximate surface area is 194 Å². The molecule has 0 spiro atoms. The number of nitrogens with one attached hydrogen (secondary N) is 1. The predicted molar refractivity (Wildman–Crippen MR) is 117 cm³/mol. The Bertz CT molecular complexity index is 1070. The number of esters is 2. The smallest absolute Gasteiger partial charge is 0.416 e. The van der Waals surface area contributed by atoms with E-state index in [1.54, 1.807) is 17.9 Å². The van der Waals surface area contributed by atoms with Gasteiger partial charge in [-0.15, -0.1) is 0 Å². The molecule has 11 heteroatoms. The number of methoxy groups -OCH3 is 1. The lowest BCUT2D eigenvalue weighted by Crippen LogP contribution is -2.50. The number of nitrogens with zero attached hydrogens (tertiary/aromatic N) is 2. The highest BCUT2D eigenvalue weighted by atomic mass is 19.4. The fourth-order valence-corrected chi connectivity index (χ4v) is 3.89. The molecule has 3 rings (SSSR count). The Morgan fingerprint density at radius 3 is 2.35 bits per heavy atom. The van der Waals surface area contributed by atoms with Gasteiger partial charge in [-0.3, -0.25) is 4.79 Å². The highest BCUT2D eigenvalue weighted by Crippen LogP contribution is 2.32. The van der Waals surface area contributed by atoms with Crippen LogP contribution in [0.2, 0.25) is 0 Å². The summed E-state index contributed by atoms with van der Waals surface area (Å²) in [7, 11) is 1.25. The summed E-state index contributed by atoms with van der Waals surface area (Å²) in [6.07, 6.45) is -3.96. The van der Waals surface area contributed by atoms with Crippen LogP contribution in [0, 0.1) is 6.92 Å². The molecular weight excluding hydrogens is 455 g/mol. The molecule has 1 fully saturated rings. The highest BCUT2D eigenvalue weighted by Gasteiger charge is 2.31. The van der Waals surface area contributed by atoms with Crippen LogP contribution >= 0.6 is 0 Å². The maximum absolute atomic E-state index is 13.0. The molecule has 1 N–H and O–H groups in total. The van der Waals surface area contributed by atoms with Crippen molar-refractivity contribution < 1.29 is 37.0 Å². The summed E-state index contributed by atoms with van der Waals surface area (Å²) < 4.78 is 48.8. The van der Waals surface area contributed by atoms with E-state index in [1.807, 2.05) is 6.92 Å². The zero-order chi connectivity index (χ0) is 25.0. The first-order valence-corrected chi connectivity index (χ1v) is 10.7. The Balaban J connectivity index is 1.57. The maximum atomic E-state index is 13.0. The SMILES string of the molecule is CCc1[nH]c(C(=O)OCC(=O)N2CCN(c3cccc(C(F)(F)F)c3)CC2)c(C)c1C(=O)OC. The summed E-state index contributed by atoms with van der Waals surface area (Å²) in [5.74, 6) is -1.75. The molecule has 0 bridgehead atoms. The number of carbonyl (C=O) groups excluding carboxylic acids is 3. The normalized spacial score (nSPS) is 14.2. The number of H-pyrrole nitrogens is 1. The van der Waals surface area contributed by atoms with Crippen LogP contribution in [-0.2, 0) is 26.9 Å². The van der Waals surface area contributed by atoms with Crippen molar-refractivity contribution in [2.45, 2.75) is 26.4 Å². The molecule has 1 amide bonds. The fraction of sp³-hybridized carbons (Fsp3) is 0.435. The minimum atomic E-state index is -4.43. The molecule has 1 saturated heterocycles. The van der Waals surface area contributed by atoms with Gasteiger partial charge in [0, 0.05) is 37.6 Å². The van der Waals surface area contributed by atoms with Gasteiger partial charge >= 0.3 is 18.1 Å². The van der Waals surface area contributed by atoms with Crippen molar-refractivity contribution in [2.24, 2.45) is 0 Å². The number of aromatic nitrogens is 1. The number of hydrogen-bond donors (Lipinski definition) is 1. The molecule has 34 heavy (non-hydrogen) atoms. The van der Waals surface area contributed by atoms with Crippen LogP contribution in [0.15, 0.2) is 24.3 Å². The zero-order valence-corrected chi connectivity index (χ0v) is 19.1. The van der Waals surface area contributed by atoms with Crippen LogP contribution in [0.25, 0.3) is 0 Å². The van der Waals surface area contributed by atoms with Crippen LogP contribution in [-0.4, -0.2) is 67.6 Å². The number of carbonyl (C=O) groups is 3. The molecule has 0 atom stereocenters.